The van der Waals surface area contributed by atoms with E-state index in [1.807, 2.05) is 0 Å². The molecule has 0 aliphatic carbocycles. The highest BCUT2D eigenvalue weighted by Crippen LogP contribution is 2.31. The van der Waals surface area contributed by atoms with E-state index in [2.05, 4.69) is 0 Å². The van der Waals surface area contributed by atoms with Crippen LogP contribution in [0.25, 0.3) is 22.3 Å². The number of hydrogen-bond donors (Lipinski definition) is 1. The normalized spacial score (nSPS) is 10.9. The van der Waals surface area contributed by atoms with Crippen molar-refractivity contribution in [3.05, 3.63) is 83.2 Å². The van der Waals surface area contributed by atoms with Crippen LogP contribution in [0.15, 0.2) is 54.6 Å². The summed E-state index contributed by atoms with van der Waals surface area (Å²) in [5, 5.41) is 0. The first-order valence-electron chi connectivity index (χ1n) is 7.68. The van der Waals surface area contributed by atoms with Crippen LogP contribution in [0.3, 0.4) is 0 Å². The first-order valence-corrected chi connectivity index (χ1v) is 7.68. The summed E-state index contributed by atoms with van der Waals surface area (Å²) in [4.78, 5) is 0. The summed E-state index contributed by atoms with van der Waals surface area (Å²) < 4.78 is 54.2. The highest BCUT2D eigenvalue weighted by atomic mass is 19.2. The molecule has 3 aromatic carbocycles. The Bertz CT molecular complexity index is 904. The quantitative estimate of drug-likeness (QED) is 0.471. The first-order chi connectivity index (χ1) is 12.0. The summed E-state index contributed by atoms with van der Waals surface area (Å²) in [6.07, 6.45) is 0. The Hall–Kier alpha value is -2.66. The van der Waals surface area contributed by atoms with Crippen molar-refractivity contribution in [2.24, 2.45) is 0 Å². The zero-order chi connectivity index (χ0) is 18.0. The van der Waals surface area contributed by atoms with Crippen molar-refractivity contribution in [1.29, 1.82) is 0 Å². The van der Waals surface area contributed by atoms with E-state index in [-0.39, 0.29) is 12.1 Å². The SMILES string of the molecule is Cc1cc(F)c(-c2ccc(-c3ccc(F)cc3)c(F)c2)cc1CNF. The molecule has 0 aliphatic rings. The average Bonchev–Trinajstić information content (AvgIpc) is 2.58. The fraction of sp³-hybridized carbons (Fsp3) is 0.100. The summed E-state index contributed by atoms with van der Waals surface area (Å²) in [5.41, 5.74) is 4.10. The molecule has 0 atom stereocenters. The first kappa shape index (κ1) is 17.2. The van der Waals surface area contributed by atoms with Gasteiger partial charge < -0.3 is 0 Å². The molecule has 0 aliphatic heterocycles. The molecule has 0 amide bonds. The van der Waals surface area contributed by atoms with E-state index in [1.54, 1.807) is 18.5 Å². The molecule has 0 bridgehead atoms. The van der Waals surface area contributed by atoms with Crippen molar-refractivity contribution in [1.82, 2.24) is 5.54 Å². The van der Waals surface area contributed by atoms with Crippen LogP contribution in [-0.2, 0) is 6.54 Å². The lowest BCUT2D eigenvalue weighted by molar-refractivity contribution is 0.329. The van der Waals surface area contributed by atoms with Gasteiger partial charge in [-0.25, -0.2) is 13.2 Å². The van der Waals surface area contributed by atoms with E-state index >= 15 is 0 Å². The van der Waals surface area contributed by atoms with Gasteiger partial charge in [0.2, 0.25) is 0 Å². The van der Waals surface area contributed by atoms with Gasteiger partial charge in [-0.1, -0.05) is 24.3 Å². The minimum atomic E-state index is -0.547. The standard InChI is InChI=1S/C20H15F4N/c1-12-8-19(22)18(9-15(12)11-25-24)14-4-7-17(20(23)10-14)13-2-5-16(21)6-3-13/h2-10,25H,11H2,1H3. The van der Waals surface area contributed by atoms with Gasteiger partial charge in [0.1, 0.15) is 17.5 Å². The number of nitrogens with one attached hydrogen (secondary N) is 1. The van der Waals surface area contributed by atoms with Gasteiger partial charge in [-0.2, -0.15) is 5.54 Å². The highest BCUT2D eigenvalue weighted by Gasteiger charge is 2.13. The van der Waals surface area contributed by atoms with Gasteiger partial charge in [0, 0.05) is 11.1 Å². The third-order valence-corrected chi connectivity index (χ3v) is 4.12. The molecule has 1 nitrogen and oxygen atoms in total. The Morgan fingerprint density at radius 1 is 0.760 bits per heavy atom. The minimum Gasteiger partial charge on any atom is -0.207 e. The maximum absolute atomic E-state index is 14.5. The summed E-state index contributed by atoms with van der Waals surface area (Å²) >= 11 is 0. The summed E-state index contributed by atoms with van der Waals surface area (Å²) in [7, 11) is 0. The van der Waals surface area contributed by atoms with Crippen LogP contribution in [0.2, 0.25) is 0 Å². The molecule has 0 saturated heterocycles. The number of rotatable bonds is 4. The molecule has 128 valence electrons. The number of benzene rings is 3. The molecular formula is C20H15F4N. The summed E-state index contributed by atoms with van der Waals surface area (Å²) in [6, 6.07) is 12.6. The smallest absolute Gasteiger partial charge is 0.131 e. The molecule has 0 fully saturated rings. The molecule has 5 heteroatoms. The third kappa shape index (κ3) is 3.56. The van der Waals surface area contributed by atoms with Crippen LogP contribution < -0.4 is 5.54 Å². The molecule has 0 aromatic heterocycles. The molecule has 3 rings (SSSR count). The van der Waals surface area contributed by atoms with Gasteiger partial charge in [-0.15, -0.1) is 4.48 Å². The number of halogens is 4. The van der Waals surface area contributed by atoms with Crippen molar-refractivity contribution in [2.45, 2.75) is 13.5 Å². The van der Waals surface area contributed by atoms with Gasteiger partial charge in [0.25, 0.3) is 0 Å². The van der Waals surface area contributed by atoms with Crippen LogP contribution in [0.1, 0.15) is 11.1 Å². The van der Waals surface area contributed by atoms with Crippen molar-refractivity contribution in [3.8, 4) is 22.3 Å². The maximum Gasteiger partial charge on any atom is 0.131 e. The van der Waals surface area contributed by atoms with Crippen LogP contribution in [-0.4, -0.2) is 0 Å². The Morgan fingerprint density at radius 2 is 1.40 bits per heavy atom. The number of hydrogen-bond acceptors (Lipinski definition) is 1. The Labute approximate surface area is 142 Å². The fourth-order valence-corrected chi connectivity index (χ4v) is 2.75. The van der Waals surface area contributed by atoms with Crippen LogP contribution in [0.4, 0.5) is 17.7 Å². The zero-order valence-corrected chi connectivity index (χ0v) is 13.4. The van der Waals surface area contributed by atoms with Crippen molar-refractivity contribution >= 4 is 0 Å². The van der Waals surface area contributed by atoms with Gasteiger partial charge in [-0.05, 0) is 59.5 Å². The molecule has 0 saturated carbocycles. The zero-order valence-electron chi connectivity index (χ0n) is 13.4. The second-order valence-corrected chi connectivity index (χ2v) is 5.77. The van der Waals surface area contributed by atoms with Gasteiger partial charge >= 0.3 is 0 Å². The molecule has 25 heavy (non-hydrogen) atoms. The van der Waals surface area contributed by atoms with Crippen LogP contribution in [0, 0.1) is 24.4 Å². The summed E-state index contributed by atoms with van der Waals surface area (Å²) in [5.74, 6) is -1.46. The lowest BCUT2D eigenvalue weighted by Gasteiger charge is -2.11. The minimum absolute atomic E-state index is 0.0603. The van der Waals surface area contributed by atoms with E-state index in [9.17, 15) is 17.7 Å². The maximum atomic E-state index is 14.5. The molecule has 0 heterocycles. The lowest BCUT2D eigenvalue weighted by atomic mass is 9.96. The topological polar surface area (TPSA) is 12.0 Å². The Kier molecular flexibility index (Phi) is 4.86. The fourth-order valence-electron chi connectivity index (χ4n) is 2.75. The molecule has 0 spiro atoms. The van der Waals surface area contributed by atoms with Crippen LogP contribution in [0.5, 0.6) is 0 Å². The Morgan fingerprint density at radius 3 is 2.04 bits per heavy atom. The third-order valence-electron chi connectivity index (χ3n) is 4.12. The lowest BCUT2D eigenvalue weighted by Crippen LogP contribution is -2.03. The highest BCUT2D eigenvalue weighted by molar-refractivity contribution is 5.72. The predicted octanol–water partition coefficient (Wildman–Crippen LogP) is 5.72. The van der Waals surface area contributed by atoms with E-state index in [0.717, 1.165) is 0 Å². The van der Waals surface area contributed by atoms with Gasteiger partial charge in [-0.3, -0.25) is 0 Å². The summed E-state index contributed by atoms with van der Waals surface area (Å²) in [6.45, 7) is 1.62. The average molecular weight is 345 g/mol. The molecule has 0 radical (unpaired) electrons. The second kappa shape index (κ2) is 7.07. The van der Waals surface area contributed by atoms with E-state index in [4.69, 9.17) is 0 Å². The van der Waals surface area contributed by atoms with E-state index < -0.39 is 17.5 Å². The Balaban J connectivity index is 2.03. The predicted molar refractivity (Wildman–Crippen MR) is 89.9 cm³/mol. The second-order valence-electron chi connectivity index (χ2n) is 5.77. The number of aryl methyl sites for hydroxylation is 1. The van der Waals surface area contributed by atoms with Gasteiger partial charge in [0.15, 0.2) is 0 Å². The monoisotopic (exact) mass is 345 g/mol. The van der Waals surface area contributed by atoms with Crippen molar-refractivity contribution < 1.29 is 17.7 Å². The van der Waals surface area contributed by atoms with Crippen molar-refractivity contribution in [3.63, 3.8) is 0 Å². The molecule has 1 N–H and O–H groups in total. The van der Waals surface area contributed by atoms with Gasteiger partial charge in [0.05, 0.1) is 6.54 Å². The molecular weight excluding hydrogens is 330 g/mol. The van der Waals surface area contributed by atoms with Crippen LogP contribution >= 0.6 is 0 Å². The van der Waals surface area contributed by atoms with E-state index in [1.165, 1.54) is 48.5 Å². The molecule has 0 unspecified atom stereocenters. The largest absolute Gasteiger partial charge is 0.207 e. The van der Waals surface area contributed by atoms with E-state index in [0.29, 0.717) is 27.8 Å². The van der Waals surface area contributed by atoms with Crippen molar-refractivity contribution in [2.75, 3.05) is 0 Å². The molecule has 3 aromatic rings.